The predicted molar refractivity (Wildman–Crippen MR) is 71.5 cm³/mol. The quantitative estimate of drug-likeness (QED) is 0.847. The van der Waals surface area contributed by atoms with Crippen LogP contribution in [0.2, 0.25) is 0 Å². The van der Waals surface area contributed by atoms with E-state index in [1.165, 1.54) is 11.1 Å². The minimum absolute atomic E-state index is 0.0432. The summed E-state index contributed by atoms with van der Waals surface area (Å²) in [6, 6.07) is 8.64. The lowest BCUT2D eigenvalue weighted by atomic mass is 10.0. The molecular formula is C15H20N2O. The Kier molecular flexibility index (Phi) is 3.33. The Balaban J connectivity index is 1.57. The number of hydrogen-bond donors (Lipinski definition) is 2. The highest BCUT2D eigenvalue weighted by molar-refractivity contribution is 5.82. The summed E-state index contributed by atoms with van der Waals surface area (Å²) in [5.41, 5.74) is 2.88. The molecule has 2 atom stereocenters. The number of rotatable bonds is 3. The van der Waals surface area contributed by atoms with Crippen LogP contribution in [0, 0.1) is 0 Å². The molecule has 1 saturated heterocycles. The van der Waals surface area contributed by atoms with Crippen molar-refractivity contribution in [1.29, 1.82) is 0 Å². The maximum Gasteiger partial charge on any atom is 0.237 e. The Morgan fingerprint density at radius 1 is 1.33 bits per heavy atom. The topological polar surface area (TPSA) is 41.1 Å². The molecule has 18 heavy (non-hydrogen) atoms. The van der Waals surface area contributed by atoms with Gasteiger partial charge in [0.15, 0.2) is 0 Å². The molecule has 2 N–H and O–H groups in total. The lowest BCUT2D eigenvalue weighted by Gasteiger charge is -2.15. The number of amides is 1. The second kappa shape index (κ2) is 5.11. The second-order valence-corrected chi connectivity index (χ2v) is 5.33. The fourth-order valence-corrected chi connectivity index (χ4v) is 3.11. The summed E-state index contributed by atoms with van der Waals surface area (Å²) >= 11 is 0. The highest BCUT2D eigenvalue weighted by Crippen LogP contribution is 2.32. The first-order chi connectivity index (χ1) is 8.84. The third-order valence-electron chi connectivity index (χ3n) is 4.16. The molecule has 3 nitrogen and oxygen atoms in total. The van der Waals surface area contributed by atoms with Crippen molar-refractivity contribution in [2.24, 2.45) is 0 Å². The summed E-state index contributed by atoms with van der Waals surface area (Å²) in [5, 5.41) is 6.34. The molecule has 1 aliphatic heterocycles. The van der Waals surface area contributed by atoms with Gasteiger partial charge in [-0.05, 0) is 43.4 Å². The van der Waals surface area contributed by atoms with Crippen molar-refractivity contribution in [3.8, 4) is 0 Å². The van der Waals surface area contributed by atoms with Gasteiger partial charge < -0.3 is 10.6 Å². The molecule has 1 aromatic carbocycles. The van der Waals surface area contributed by atoms with E-state index in [4.69, 9.17) is 0 Å². The molecule has 0 bridgehead atoms. The predicted octanol–water partition coefficient (Wildman–Crippen LogP) is 1.58. The summed E-state index contributed by atoms with van der Waals surface area (Å²) < 4.78 is 0. The summed E-state index contributed by atoms with van der Waals surface area (Å²) in [6.07, 6.45) is 4.41. The molecule has 2 aliphatic rings. The van der Waals surface area contributed by atoms with Gasteiger partial charge in [-0.3, -0.25) is 4.79 Å². The van der Waals surface area contributed by atoms with Crippen molar-refractivity contribution in [2.75, 3.05) is 13.1 Å². The van der Waals surface area contributed by atoms with Crippen LogP contribution >= 0.6 is 0 Å². The molecule has 3 heteroatoms. The third kappa shape index (κ3) is 2.27. The first kappa shape index (κ1) is 11.7. The average Bonchev–Trinajstić information content (AvgIpc) is 3.06. The van der Waals surface area contributed by atoms with E-state index in [9.17, 15) is 4.79 Å². The summed E-state index contributed by atoms with van der Waals surface area (Å²) in [7, 11) is 0. The summed E-state index contributed by atoms with van der Waals surface area (Å²) in [5.74, 6) is 0.684. The third-order valence-corrected chi connectivity index (χ3v) is 4.16. The Morgan fingerprint density at radius 3 is 3.06 bits per heavy atom. The van der Waals surface area contributed by atoms with Crippen molar-refractivity contribution >= 4 is 5.91 Å². The average molecular weight is 244 g/mol. The molecule has 1 amide bonds. The van der Waals surface area contributed by atoms with Crippen LogP contribution in [0.3, 0.4) is 0 Å². The van der Waals surface area contributed by atoms with E-state index in [2.05, 4.69) is 34.9 Å². The van der Waals surface area contributed by atoms with E-state index < -0.39 is 0 Å². The van der Waals surface area contributed by atoms with Crippen LogP contribution < -0.4 is 10.6 Å². The molecule has 1 fully saturated rings. The number of carbonyl (C=O) groups is 1. The van der Waals surface area contributed by atoms with Crippen molar-refractivity contribution < 1.29 is 4.79 Å². The standard InChI is InChI=1S/C15H20N2O/c18-15(14-6-3-9-16-14)17-10-12-8-7-11-4-1-2-5-13(11)12/h1-2,4-5,12,14,16H,3,6-10H2,(H,17,18). The number of nitrogens with one attached hydrogen (secondary N) is 2. The SMILES string of the molecule is O=C(NCC1CCc2ccccc21)C1CCCN1. The number of hydrogen-bond acceptors (Lipinski definition) is 2. The Morgan fingerprint density at radius 2 is 2.22 bits per heavy atom. The van der Waals surface area contributed by atoms with E-state index in [1.807, 2.05) is 0 Å². The Bertz CT molecular complexity index is 438. The van der Waals surface area contributed by atoms with Gasteiger partial charge in [-0.1, -0.05) is 24.3 Å². The van der Waals surface area contributed by atoms with E-state index in [0.29, 0.717) is 5.92 Å². The normalized spacial score (nSPS) is 26.0. The molecule has 0 aromatic heterocycles. The smallest absolute Gasteiger partial charge is 0.237 e. The first-order valence-corrected chi connectivity index (χ1v) is 6.93. The molecule has 3 rings (SSSR count). The van der Waals surface area contributed by atoms with Crippen molar-refractivity contribution in [3.63, 3.8) is 0 Å². The van der Waals surface area contributed by atoms with E-state index in [-0.39, 0.29) is 11.9 Å². The summed E-state index contributed by atoms with van der Waals surface area (Å²) in [6.45, 7) is 1.76. The molecule has 0 saturated carbocycles. The summed E-state index contributed by atoms with van der Waals surface area (Å²) in [4.78, 5) is 11.9. The lowest BCUT2D eigenvalue weighted by Crippen LogP contribution is -2.41. The second-order valence-electron chi connectivity index (χ2n) is 5.33. The van der Waals surface area contributed by atoms with Crippen LogP contribution in [0.15, 0.2) is 24.3 Å². The highest BCUT2D eigenvalue weighted by Gasteiger charge is 2.25. The highest BCUT2D eigenvalue weighted by atomic mass is 16.2. The van der Waals surface area contributed by atoms with E-state index in [1.54, 1.807) is 0 Å². The van der Waals surface area contributed by atoms with Gasteiger partial charge in [0.2, 0.25) is 5.91 Å². The molecule has 0 spiro atoms. The molecule has 0 radical (unpaired) electrons. The Hall–Kier alpha value is -1.35. The molecule has 2 unspecified atom stereocenters. The molecule has 1 aromatic rings. The Labute approximate surface area is 108 Å². The fraction of sp³-hybridized carbons (Fsp3) is 0.533. The van der Waals surface area contributed by atoms with Crippen LogP contribution in [0.25, 0.3) is 0 Å². The van der Waals surface area contributed by atoms with Gasteiger partial charge in [0, 0.05) is 12.5 Å². The van der Waals surface area contributed by atoms with Gasteiger partial charge in [-0.2, -0.15) is 0 Å². The van der Waals surface area contributed by atoms with E-state index in [0.717, 1.165) is 38.8 Å². The zero-order valence-corrected chi connectivity index (χ0v) is 10.6. The van der Waals surface area contributed by atoms with Gasteiger partial charge in [0.05, 0.1) is 6.04 Å². The zero-order chi connectivity index (χ0) is 12.4. The maximum atomic E-state index is 11.9. The van der Waals surface area contributed by atoms with E-state index >= 15 is 0 Å². The van der Waals surface area contributed by atoms with Crippen LogP contribution in [-0.2, 0) is 11.2 Å². The van der Waals surface area contributed by atoms with Crippen LogP contribution in [0.4, 0.5) is 0 Å². The lowest BCUT2D eigenvalue weighted by molar-refractivity contribution is -0.122. The number of carbonyl (C=O) groups excluding carboxylic acids is 1. The number of aryl methyl sites for hydroxylation is 1. The van der Waals surface area contributed by atoms with Gasteiger partial charge in [0.1, 0.15) is 0 Å². The molecule has 96 valence electrons. The molecule has 1 aliphatic carbocycles. The van der Waals surface area contributed by atoms with Crippen LogP contribution in [-0.4, -0.2) is 25.0 Å². The number of benzene rings is 1. The minimum atomic E-state index is 0.0432. The van der Waals surface area contributed by atoms with Crippen molar-refractivity contribution in [2.45, 2.75) is 37.6 Å². The monoisotopic (exact) mass is 244 g/mol. The van der Waals surface area contributed by atoms with Gasteiger partial charge in [0.25, 0.3) is 0 Å². The van der Waals surface area contributed by atoms with Gasteiger partial charge in [-0.15, -0.1) is 0 Å². The van der Waals surface area contributed by atoms with Crippen molar-refractivity contribution in [1.82, 2.24) is 10.6 Å². The molecule has 1 heterocycles. The fourth-order valence-electron chi connectivity index (χ4n) is 3.11. The van der Waals surface area contributed by atoms with Gasteiger partial charge in [-0.25, -0.2) is 0 Å². The zero-order valence-electron chi connectivity index (χ0n) is 10.6. The maximum absolute atomic E-state index is 11.9. The molecular weight excluding hydrogens is 224 g/mol. The minimum Gasteiger partial charge on any atom is -0.354 e. The number of fused-ring (bicyclic) bond motifs is 1. The van der Waals surface area contributed by atoms with Gasteiger partial charge >= 0.3 is 0 Å². The van der Waals surface area contributed by atoms with Crippen LogP contribution in [0.1, 0.15) is 36.3 Å². The van der Waals surface area contributed by atoms with Crippen molar-refractivity contribution in [3.05, 3.63) is 35.4 Å². The largest absolute Gasteiger partial charge is 0.354 e. The first-order valence-electron chi connectivity index (χ1n) is 6.93. The van der Waals surface area contributed by atoms with Crippen LogP contribution in [0.5, 0.6) is 0 Å².